The molecule has 1 N–H and O–H groups in total. The Bertz CT molecular complexity index is 531. The molecular formula is C15H15Cl2NO. The number of rotatable bonds is 6. The molecule has 0 fully saturated rings. The zero-order valence-corrected chi connectivity index (χ0v) is 11.9. The second-order valence-electron chi connectivity index (χ2n) is 4.09. The molecule has 100 valence electrons. The highest BCUT2D eigenvalue weighted by molar-refractivity contribution is 6.33. The molecule has 0 heterocycles. The van der Waals surface area contributed by atoms with Gasteiger partial charge in [0.1, 0.15) is 0 Å². The number of benzene rings is 2. The van der Waals surface area contributed by atoms with Gasteiger partial charge in [-0.3, -0.25) is 0 Å². The van der Waals surface area contributed by atoms with E-state index in [1.54, 1.807) is 0 Å². The Balaban J connectivity index is 1.69. The van der Waals surface area contributed by atoms with Crippen molar-refractivity contribution in [3.05, 3.63) is 64.1 Å². The minimum absolute atomic E-state index is 0.560. The first-order valence-corrected chi connectivity index (χ1v) is 6.82. The Labute approximate surface area is 123 Å². The van der Waals surface area contributed by atoms with Crippen LogP contribution in [0.15, 0.2) is 48.5 Å². The zero-order chi connectivity index (χ0) is 13.5. The molecular weight excluding hydrogens is 281 g/mol. The fraction of sp³-hybridized carbons (Fsp3) is 0.200. The van der Waals surface area contributed by atoms with E-state index >= 15 is 0 Å². The van der Waals surface area contributed by atoms with E-state index < -0.39 is 0 Å². The summed E-state index contributed by atoms with van der Waals surface area (Å²) in [6.45, 7) is 1.88. The molecule has 0 radical (unpaired) electrons. The summed E-state index contributed by atoms with van der Waals surface area (Å²) in [4.78, 5) is 0. The highest BCUT2D eigenvalue weighted by Crippen LogP contribution is 2.19. The smallest absolute Gasteiger partial charge is 0.0718 e. The third-order valence-electron chi connectivity index (χ3n) is 2.59. The van der Waals surface area contributed by atoms with Gasteiger partial charge in [-0.25, -0.2) is 0 Å². The van der Waals surface area contributed by atoms with Crippen LogP contribution in [0.3, 0.4) is 0 Å². The molecule has 2 aromatic carbocycles. The van der Waals surface area contributed by atoms with E-state index in [2.05, 4.69) is 5.32 Å². The maximum absolute atomic E-state index is 6.03. The van der Waals surface area contributed by atoms with Crippen molar-refractivity contribution in [2.75, 3.05) is 18.5 Å². The molecule has 0 aromatic heterocycles. The van der Waals surface area contributed by atoms with E-state index in [9.17, 15) is 0 Å². The number of halogens is 2. The lowest BCUT2D eigenvalue weighted by Crippen LogP contribution is -2.09. The van der Waals surface area contributed by atoms with Gasteiger partial charge in [0.2, 0.25) is 0 Å². The van der Waals surface area contributed by atoms with Gasteiger partial charge >= 0.3 is 0 Å². The van der Waals surface area contributed by atoms with Crippen molar-refractivity contribution >= 4 is 28.9 Å². The Kier molecular flexibility index (Phi) is 5.52. The first-order valence-electron chi connectivity index (χ1n) is 6.06. The molecule has 0 aliphatic carbocycles. The third-order valence-corrected chi connectivity index (χ3v) is 3.16. The van der Waals surface area contributed by atoms with Crippen LogP contribution < -0.4 is 5.32 Å². The third kappa shape index (κ3) is 4.75. The number of hydrogen-bond acceptors (Lipinski definition) is 2. The topological polar surface area (TPSA) is 21.3 Å². The molecule has 2 nitrogen and oxygen atoms in total. The lowest BCUT2D eigenvalue weighted by molar-refractivity contribution is 0.130. The molecule has 0 atom stereocenters. The summed E-state index contributed by atoms with van der Waals surface area (Å²) >= 11 is 11.9. The molecule has 0 spiro atoms. The average Bonchev–Trinajstić information content (AvgIpc) is 2.40. The van der Waals surface area contributed by atoms with E-state index in [-0.39, 0.29) is 0 Å². The summed E-state index contributed by atoms with van der Waals surface area (Å²) < 4.78 is 5.57. The lowest BCUT2D eigenvalue weighted by Gasteiger charge is -2.09. The van der Waals surface area contributed by atoms with E-state index in [1.807, 2.05) is 48.5 Å². The summed E-state index contributed by atoms with van der Waals surface area (Å²) in [5, 5.41) is 4.68. The molecule has 4 heteroatoms. The monoisotopic (exact) mass is 295 g/mol. The summed E-state index contributed by atoms with van der Waals surface area (Å²) in [6, 6.07) is 15.3. The van der Waals surface area contributed by atoms with Crippen LogP contribution in [0.1, 0.15) is 5.56 Å². The van der Waals surface area contributed by atoms with Gasteiger partial charge in [0, 0.05) is 11.6 Å². The van der Waals surface area contributed by atoms with E-state index in [0.29, 0.717) is 19.8 Å². The quantitative estimate of drug-likeness (QED) is 0.785. The predicted octanol–water partition coefficient (Wildman–Crippen LogP) is 4.62. The Hall–Kier alpha value is -1.22. The van der Waals surface area contributed by atoms with Crippen LogP contribution in [0.2, 0.25) is 10.0 Å². The van der Waals surface area contributed by atoms with Crippen LogP contribution in [-0.4, -0.2) is 13.2 Å². The van der Waals surface area contributed by atoms with Gasteiger partial charge < -0.3 is 10.1 Å². The summed E-state index contributed by atoms with van der Waals surface area (Å²) in [5.74, 6) is 0. The molecule has 0 saturated carbocycles. The highest BCUT2D eigenvalue weighted by atomic mass is 35.5. The van der Waals surface area contributed by atoms with E-state index in [0.717, 1.165) is 21.3 Å². The number of para-hydroxylation sites is 1. The van der Waals surface area contributed by atoms with Gasteiger partial charge in [0.25, 0.3) is 0 Å². The molecule has 0 amide bonds. The van der Waals surface area contributed by atoms with Crippen LogP contribution in [0.5, 0.6) is 0 Å². The largest absolute Gasteiger partial charge is 0.382 e. The van der Waals surface area contributed by atoms with Crippen LogP contribution >= 0.6 is 23.2 Å². The molecule has 19 heavy (non-hydrogen) atoms. The van der Waals surface area contributed by atoms with Crippen LogP contribution in [0.25, 0.3) is 0 Å². The predicted molar refractivity (Wildman–Crippen MR) is 81.0 cm³/mol. The second kappa shape index (κ2) is 7.39. The van der Waals surface area contributed by atoms with E-state index in [4.69, 9.17) is 27.9 Å². The van der Waals surface area contributed by atoms with Crippen molar-refractivity contribution in [2.24, 2.45) is 0 Å². The van der Waals surface area contributed by atoms with Crippen molar-refractivity contribution in [1.29, 1.82) is 0 Å². The number of nitrogens with one attached hydrogen (secondary N) is 1. The van der Waals surface area contributed by atoms with E-state index in [1.165, 1.54) is 0 Å². The molecule has 2 rings (SSSR count). The Morgan fingerprint density at radius 2 is 1.84 bits per heavy atom. The SMILES string of the molecule is Clc1cccc(COCCNc2ccccc2Cl)c1. The molecule has 0 saturated heterocycles. The van der Waals surface area contributed by atoms with Gasteiger partial charge in [0.15, 0.2) is 0 Å². The Morgan fingerprint density at radius 3 is 2.63 bits per heavy atom. The average molecular weight is 296 g/mol. The summed E-state index contributed by atoms with van der Waals surface area (Å²) in [7, 11) is 0. The van der Waals surface area contributed by atoms with Crippen molar-refractivity contribution < 1.29 is 4.74 Å². The van der Waals surface area contributed by atoms with Crippen molar-refractivity contribution in [3.63, 3.8) is 0 Å². The molecule has 0 bridgehead atoms. The first kappa shape index (κ1) is 14.2. The van der Waals surface area contributed by atoms with Gasteiger partial charge in [-0.05, 0) is 29.8 Å². The summed E-state index contributed by atoms with van der Waals surface area (Å²) in [6.07, 6.45) is 0. The Morgan fingerprint density at radius 1 is 1.00 bits per heavy atom. The highest BCUT2D eigenvalue weighted by Gasteiger charge is 1.98. The van der Waals surface area contributed by atoms with Gasteiger partial charge in [-0.1, -0.05) is 47.5 Å². The van der Waals surface area contributed by atoms with Crippen LogP contribution in [-0.2, 0) is 11.3 Å². The van der Waals surface area contributed by atoms with Gasteiger partial charge in [-0.2, -0.15) is 0 Å². The fourth-order valence-corrected chi connectivity index (χ4v) is 2.09. The maximum Gasteiger partial charge on any atom is 0.0718 e. The first-order chi connectivity index (χ1) is 9.25. The number of anilines is 1. The van der Waals surface area contributed by atoms with Gasteiger partial charge in [0.05, 0.1) is 23.9 Å². The second-order valence-corrected chi connectivity index (χ2v) is 4.93. The summed E-state index contributed by atoms with van der Waals surface area (Å²) in [5.41, 5.74) is 2.00. The number of hydrogen-bond donors (Lipinski definition) is 1. The standard InChI is InChI=1S/C15H15Cl2NO/c16-13-5-3-4-12(10-13)11-19-9-8-18-15-7-2-1-6-14(15)17/h1-7,10,18H,8-9,11H2. The van der Waals surface area contributed by atoms with Gasteiger partial charge in [-0.15, -0.1) is 0 Å². The van der Waals surface area contributed by atoms with Crippen molar-refractivity contribution in [2.45, 2.75) is 6.61 Å². The maximum atomic E-state index is 6.03. The lowest BCUT2D eigenvalue weighted by atomic mass is 10.2. The minimum atomic E-state index is 0.560. The molecule has 0 aliphatic rings. The van der Waals surface area contributed by atoms with Crippen molar-refractivity contribution in [1.82, 2.24) is 0 Å². The zero-order valence-electron chi connectivity index (χ0n) is 10.4. The molecule has 0 aliphatic heterocycles. The molecule has 0 unspecified atom stereocenters. The fourth-order valence-electron chi connectivity index (χ4n) is 1.68. The minimum Gasteiger partial charge on any atom is -0.382 e. The number of ether oxygens (including phenoxy) is 1. The normalized spacial score (nSPS) is 10.4. The van der Waals surface area contributed by atoms with Crippen LogP contribution in [0.4, 0.5) is 5.69 Å². The van der Waals surface area contributed by atoms with Crippen LogP contribution in [0, 0.1) is 0 Å². The van der Waals surface area contributed by atoms with Crippen molar-refractivity contribution in [3.8, 4) is 0 Å². The molecule has 2 aromatic rings.